The number of sulfonamides is 1. The molecule has 0 radical (unpaired) electrons. The predicted molar refractivity (Wildman–Crippen MR) is 106 cm³/mol. The van der Waals surface area contributed by atoms with Gasteiger partial charge >= 0.3 is 0 Å². The summed E-state index contributed by atoms with van der Waals surface area (Å²) in [4.78, 5) is 15.1. The Morgan fingerprint density at radius 2 is 1.71 bits per heavy atom. The molecule has 0 aromatic heterocycles. The molecule has 0 saturated carbocycles. The first-order valence-electron chi connectivity index (χ1n) is 9.87. The summed E-state index contributed by atoms with van der Waals surface area (Å²) in [6, 6.07) is 4.85. The highest BCUT2D eigenvalue weighted by atomic mass is 32.2. The van der Waals surface area contributed by atoms with E-state index in [1.807, 2.05) is 0 Å². The van der Waals surface area contributed by atoms with Crippen molar-refractivity contribution in [3.05, 3.63) is 23.8 Å². The molecule has 0 spiro atoms. The fourth-order valence-electron chi connectivity index (χ4n) is 3.35. The molecule has 3 rings (SSSR count). The van der Waals surface area contributed by atoms with Crippen LogP contribution in [0.5, 0.6) is 0 Å². The normalized spacial score (nSPS) is 18.8. The summed E-state index contributed by atoms with van der Waals surface area (Å²) in [7, 11) is -3.66. The van der Waals surface area contributed by atoms with E-state index < -0.39 is 10.0 Å². The van der Waals surface area contributed by atoms with Crippen molar-refractivity contribution < 1.29 is 22.7 Å². The van der Waals surface area contributed by atoms with Crippen LogP contribution in [-0.2, 0) is 19.5 Å². The van der Waals surface area contributed by atoms with Crippen LogP contribution >= 0.6 is 0 Å². The molecular formula is C19H29N3O5S. The Bertz CT molecular complexity index is 772. The van der Waals surface area contributed by atoms with Crippen molar-refractivity contribution in [1.29, 1.82) is 0 Å². The fraction of sp³-hybridized carbons (Fsp3) is 0.632. The molecule has 0 atom stereocenters. The van der Waals surface area contributed by atoms with Crippen LogP contribution in [0.15, 0.2) is 23.1 Å². The maximum atomic E-state index is 13.0. The summed E-state index contributed by atoms with van der Waals surface area (Å²) in [5.41, 5.74) is 1.14. The average molecular weight is 412 g/mol. The number of nitrogens with one attached hydrogen (secondary N) is 1. The number of unbranched alkanes of at least 4 members (excludes halogenated alkanes) is 1. The van der Waals surface area contributed by atoms with Gasteiger partial charge in [0.2, 0.25) is 10.0 Å². The van der Waals surface area contributed by atoms with Crippen LogP contribution in [0.4, 0.5) is 5.69 Å². The molecule has 0 unspecified atom stereocenters. The summed E-state index contributed by atoms with van der Waals surface area (Å²) in [5, 5.41) is 2.91. The van der Waals surface area contributed by atoms with E-state index in [9.17, 15) is 13.2 Å². The van der Waals surface area contributed by atoms with Gasteiger partial charge in [0.15, 0.2) is 0 Å². The van der Waals surface area contributed by atoms with Crippen LogP contribution in [0, 0.1) is 0 Å². The molecule has 2 heterocycles. The molecule has 1 amide bonds. The molecule has 1 N–H and O–H groups in total. The number of amides is 1. The standard InChI is InChI=1S/C19H29N3O5S/c1-2-3-6-20-19(23)17-15-16(28(24,25)22-9-13-27-14-10-22)4-5-18(17)21-7-11-26-12-8-21/h4-5,15H,2-3,6-14H2,1H3,(H,20,23). The number of nitrogens with zero attached hydrogens (tertiary/aromatic N) is 2. The van der Waals surface area contributed by atoms with Crippen molar-refractivity contribution in [3.8, 4) is 0 Å². The molecule has 1 aromatic rings. The van der Waals surface area contributed by atoms with E-state index in [0.29, 0.717) is 64.7 Å². The predicted octanol–water partition coefficient (Wildman–Crippen LogP) is 1.07. The number of ether oxygens (including phenoxy) is 2. The number of hydrogen-bond acceptors (Lipinski definition) is 6. The van der Waals surface area contributed by atoms with Crippen molar-refractivity contribution in [3.63, 3.8) is 0 Å². The van der Waals surface area contributed by atoms with E-state index >= 15 is 0 Å². The summed E-state index contributed by atoms with van der Waals surface area (Å²) in [5.74, 6) is -0.242. The van der Waals surface area contributed by atoms with Gasteiger partial charge in [-0.1, -0.05) is 13.3 Å². The van der Waals surface area contributed by atoms with Gasteiger partial charge in [0.05, 0.1) is 36.9 Å². The molecular weight excluding hydrogens is 382 g/mol. The second-order valence-corrected chi connectivity index (χ2v) is 8.84. The first kappa shape index (κ1) is 21.0. The van der Waals surface area contributed by atoms with Crippen molar-refractivity contribution in [2.75, 3.05) is 64.1 Å². The number of carbonyl (C=O) groups excluding carboxylic acids is 1. The monoisotopic (exact) mass is 411 g/mol. The third-order valence-corrected chi connectivity index (χ3v) is 6.88. The highest BCUT2D eigenvalue weighted by molar-refractivity contribution is 7.89. The van der Waals surface area contributed by atoms with Crippen molar-refractivity contribution in [2.24, 2.45) is 0 Å². The molecule has 8 nitrogen and oxygen atoms in total. The van der Waals surface area contributed by atoms with Gasteiger partial charge in [0.25, 0.3) is 5.91 Å². The van der Waals surface area contributed by atoms with Gasteiger partial charge in [-0.05, 0) is 24.6 Å². The molecule has 2 fully saturated rings. The van der Waals surface area contributed by atoms with Gasteiger partial charge in [-0.15, -0.1) is 0 Å². The van der Waals surface area contributed by atoms with E-state index in [2.05, 4.69) is 17.1 Å². The smallest absolute Gasteiger partial charge is 0.253 e. The second kappa shape index (κ2) is 9.69. The Kier molecular flexibility index (Phi) is 7.28. The molecule has 28 heavy (non-hydrogen) atoms. The SMILES string of the molecule is CCCCNC(=O)c1cc(S(=O)(=O)N2CCOCC2)ccc1N1CCOCC1. The van der Waals surface area contributed by atoms with E-state index in [1.165, 1.54) is 10.4 Å². The summed E-state index contributed by atoms with van der Waals surface area (Å²) < 4.78 is 38.1. The first-order chi connectivity index (χ1) is 13.5. The molecule has 9 heteroatoms. The zero-order chi connectivity index (χ0) is 20.0. The molecule has 2 aliphatic heterocycles. The zero-order valence-electron chi connectivity index (χ0n) is 16.4. The lowest BCUT2D eigenvalue weighted by Crippen LogP contribution is -2.41. The van der Waals surface area contributed by atoms with Gasteiger partial charge in [-0.3, -0.25) is 4.79 Å². The topological polar surface area (TPSA) is 88.2 Å². The van der Waals surface area contributed by atoms with Crippen molar-refractivity contribution in [1.82, 2.24) is 9.62 Å². The third-order valence-electron chi connectivity index (χ3n) is 4.99. The quantitative estimate of drug-likeness (QED) is 0.676. The van der Waals surface area contributed by atoms with Crippen LogP contribution in [0.3, 0.4) is 0 Å². The van der Waals surface area contributed by atoms with Gasteiger partial charge in [0.1, 0.15) is 0 Å². The summed E-state index contributed by atoms with van der Waals surface area (Å²) in [6.07, 6.45) is 1.85. The van der Waals surface area contributed by atoms with Gasteiger partial charge < -0.3 is 19.7 Å². The lowest BCUT2D eigenvalue weighted by molar-refractivity contribution is 0.0730. The van der Waals surface area contributed by atoms with Gasteiger partial charge in [-0.25, -0.2) is 8.42 Å². The number of carbonyl (C=O) groups is 1. The number of anilines is 1. The minimum absolute atomic E-state index is 0.145. The lowest BCUT2D eigenvalue weighted by atomic mass is 10.1. The van der Waals surface area contributed by atoms with Crippen LogP contribution in [0.25, 0.3) is 0 Å². The van der Waals surface area contributed by atoms with Crippen LogP contribution < -0.4 is 10.2 Å². The Hall–Kier alpha value is -1.68. The van der Waals surface area contributed by atoms with Crippen LogP contribution in [0.2, 0.25) is 0 Å². The highest BCUT2D eigenvalue weighted by Crippen LogP contribution is 2.27. The number of benzene rings is 1. The largest absolute Gasteiger partial charge is 0.379 e. The molecule has 156 valence electrons. The summed E-state index contributed by atoms with van der Waals surface area (Å²) >= 11 is 0. The van der Waals surface area contributed by atoms with Crippen molar-refractivity contribution >= 4 is 21.6 Å². The number of morpholine rings is 2. The number of rotatable bonds is 7. The van der Waals surface area contributed by atoms with Gasteiger partial charge in [-0.2, -0.15) is 4.31 Å². The maximum Gasteiger partial charge on any atom is 0.253 e. The molecule has 2 aliphatic rings. The maximum absolute atomic E-state index is 13.0. The Morgan fingerprint density at radius 1 is 1.07 bits per heavy atom. The first-order valence-corrected chi connectivity index (χ1v) is 11.3. The average Bonchev–Trinajstić information content (AvgIpc) is 2.74. The molecule has 2 saturated heterocycles. The number of hydrogen-bond donors (Lipinski definition) is 1. The van der Waals surface area contributed by atoms with E-state index in [4.69, 9.17) is 9.47 Å². The van der Waals surface area contributed by atoms with Crippen LogP contribution in [0.1, 0.15) is 30.1 Å². The fourth-order valence-corrected chi connectivity index (χ4v) is 4.78. The van der Waals surface area contributed by atoms with Gasteiger partial charge in [0, 0.05) is 38.4 Å². The van der Waals surface area contributed by atoms with E-state index in [1.54, 1.807) is 12.1 Å². The van der Waals surface area contributed by atoms with Crippen molar-refractivity contribution in [2.45, 2.75) is 24.7 Å². The minimum atomic E-state index is -3.66. The van der Waals surface area contributed by atoms with E-state index in [0.717, 1.165) is 18.5 Å². The Labute approximate surface area is 166 Å². The Balaban J connectivity index is 1.92. The second-order valence-electron chi connectivity index (χ2n) is 6.90. The highest BCUT2D eigenvalue weighted by Gasteiger charge is 2.28. The molecule has 1 aromatic carbocycles. The summed E-state index contributed by atoms with van der Waals surface area (Å²) in [6.45, 7) is 6.56. The molecule has 0 bridgehead atoms. The Morgan fingerprint density at radius 3 is 2.36 bits per heavy atom. The molecule has 0 aliphatic carbocycles. The third kappa shape index (κ3) is 4.83. The van der Waals surface area contributed by atoms with Crippen LogP contribution in [-0.4, -0.2) is 77.8 Å². The van der Waals surface area contributed by atoms with E-state index in [-0.39, 0.29) is 10.8 Å². The lowest BCUT2D eigenvalue weighted by Gasteiger charge is -2.31. The zero-order valence-corrected chi connectivity index (χ0v) is 17.2. The minimum Gasteiger partial charge on any atom is -0.379 e.